The number of hydrogen-bond donors (Lipinski definition) is 0. The molecule has 0 spiro atoms. The summed E-state index contributed by atoms with van der Waals surface area (Å²) in [5.41, 5.74) is 0.767. The van der Waals surface area contributed by atoms with Crippen LogP contribution in [0.1, 0.15) is 40.0 Å². The zero-order valence-corrected chi connectivity index (χ0v) is 15.4. The van der Waals surface area contributed by atoms with Gasteiger partial charge in [-0.3, -0.25) is 9.59 Å². The number of piperidine rings is 1. The molecule has 2 saturated heterocycles. The number of nitrogens with zero attached hydrogens (tertiary/aromatic N) is 2. The largest absolute Gasteiger partial charge is 0.489 e. The molecule has 2 aliphatic rings. The van der Waals surface area contributed by atoms with Crippen molar-refractivity contribution in [3.05, 3.63) is 24.3 Å². The summed E-state index contributed by atoms with van der Waals surface area (Å²) in [6.07, 6.45) is 2.44. The molecule has 3 rings (SSSR count). The van der Waals surface area contributed by atoms with Gasteiger partial charge in [0, 0.05) is 26.1 Å². The number of likely N-dealkylation sites (tertiary alicyclic amines) is 1. The summed E-state index contributed by atoms with van der Waals surface area (Å²) in [5.74, 6) is 1.28. The molecule has 0 bridgehead atoms. The van der Waals surface area contributed by atoms with Crippen molar-refractivity contribution in [3.63, 3.8) is 0 Å². The summed E-state index contributed by atoms with van der Waals surface area (Å²) in [4.78, 5) is 29.0. The van der Waals surface area contributed by atoms with Crippen LogP contribution in [0.3, 0.4) is 0 Å². The highest BCUT2D eigenvalue weighted by Crippen LogP contribution is 2.34. The Bertz CT molecular complexity index is 636. The smallest absolute Gasteiger partial charge is 0.228 e. The molecule has 5 heteroatoms. The van der Waals surface area contributed by atoms with Crippen LogP contribution in [0.4, 0.5) is 5.69 Å². The molecule has 2 amide bonds. The molecular weight excluding hydrogens is 316 g/mol. The Balaban J connectivity index is 1.72. The van der Waals surface area contributed by atoms with Crippen LogP contribution in [0.2, 0.25) is 0 Å². The van der Waals surface area contributed by atoms with E-state index in [0.29, 0.717) is 24.6 Å². The summed E-state index contributed by atoms with van der Waals surface area (Å²) in [7, 11) is 0. The molecule has 25 heavy (non-hydrogen) atoms. The van der Waals surface area contributed by atoms with Crippen molar-refractivity contribution < 1.29 is 14.3 Å². The Morgan fingerprint density at radius 1 is 1.20 bits per heavy atom. The first-order chi connectivity index (χ1) is 12.0. The molecule has 1 aromatic carbocycles. The van der Waals surface area contributed by atoms with Gasteiger partial charge < -0.3 is 14.5 Å². The molecular formula is C20H28N2O3. The molecule has 5 nitrogen and oxygen atoms in total. The number of ether oxygens (including phenoxy) is 1. The van der Waals surface area contributed by atoms with Crippen molar-refractivity contribution in [3.8, 4) is 5.75 Å². The maximum absolute atomic E-state index is 12.8. The molecule has 1 unspecified atom stereocenters. The van der Waals surface area contributed by atoms with Crippen molar-refractivity contribution in [1.29, 1.82) is 0 Å². The number of anilines is 1. The highest BCUT2D eigenvalue weighted by atomic mass is 16.5. The summed E-state index contributed by atoms with van der Waals surface area (Å²) >= 11 is 0. The summed E-state index contributed by atoms with van der Waals surface area (Å²) in [5, 5.41) is 0. The average molecular weight is 344 g/mol. The van der Waals surface area contributed by atoms with Crippen molar-refractivity contribution in [1.82, 2.24) is 4.90 Å². The van der Waals surface area contributed by atoms with E-state index < -0.39 is 0 Å². The van der Waals surface area contributed by atoms with Crippen molar-refractivity contribution >= 4 is 17.5 Å². The zero-order valence-electron chi connectivity index (χ0n) is 15.4. The van der Waals surface area contributed by atoms with E-state index in [2.05, 4.69) is 6.92 Å². The molecule has 0 aliphatic carbocycles. The third-order valence-electron chi connectivity index (χ3n) is 5.09. The van der Waals surface area contributed by atoms with Gasteiger partial charge in [0.25, 0.3) is 0 Å². The molecule has 2 heterocycles. The monoisotopic (exact) mass is 344 g/mol. The molecule has 1 aromatic rings. The average Bonchev–Trinajstić information content (AvgIpc) is 2.96. The standard InChI is InChI=1S/C20H28N2O3/c1-14(2)25-18-7-5-4-6-17(18)22-13-16(12-19(22)23)20(24)21-10-8-15(3)9-11-21/h4-7,14-16H,8-13H2,1-3H3. The van der Waals surface area contributed by atoms with Crippen molar-refractivity contribution in [2.75, 3.05) is 24.5 Å². The van der Waals surface area contributed by atoms with E-state index in [1.54, 1.807) is 4.90 Å². The molecule has 0 aromatic heterocycles. The third kappa shape index (κ3) is 3.97. The first-order valence-corrected chi connectivity index (χ1v) is 9.30. The fourth-order valence-electron chi connectivity index (χ4n) is 3.63. The Morgan fingerprint density at radius 2 is 1.88 bits per heavy atom. The van der Waals surface area contributed by atoms with Gasteiger partial charge in [0.15, 0.2) is 0 Å². The molecule has 0 radical (unpaired) electrons. The van der Waals surface area contributed by atoms with Crippen LogP contribution in [-0.4, -0.2) is 42.5 Å². The van der Waals surface area contributed by atoms with Crippen LogP contribution in [0, 0.1) is 11.8 Å². The van der Waals surface area contributed by atoms with E-state index in [-0.39, 0.29) is 23.8 Å². The zero-order chi connectivity index (χ0) is 18.0. The Hall–Kier alpha value is -2.04. The lowest BCUT2D eigenvalue weighted by Gasteiger charge is -2.32. The number of rotatable bonds is 4. The fraction of sp³-hybridized carbons (Fsp3) is 0.600. The Kier molecular flexibility index (Phi) is 5.30. The van der Waals surface area contributed by atoms with E-state index in [0.717, 1.165) is 31.6 Å². The van der Waals surface area contributed by atoms with Crippen LogP contribution in [0.15, 0.2) is 24.3 Å². The van der Waals surface area contributed by atoms with Crippen molar-refractivity contribution in [2.45, 2.75) is 46.1 Å². The maximum Gasteiger partial charge on any atom is 0.228 e. The van der Waals surface area contributed by atoms with Crippen LogP contribution >= 0.6 is 0 Å². The van der Waals surface area contributed by atoms with E-state index in [9.17, 15) is 9.59 Å². The van der Waals surface area contributed by atoms with Gasteiger partial charge in [0.05, 0.1) is 17.7 Å². The van der Waals surface area contributed by atoms with Gasteiger partial charge in [-0.2, -0.15) is 0 Å². The second kappa shape index (κ2) is 7.46. The normalized spacial score (nSPS) is 21.9. The van der Waals surface area contributed by atoms with Crippen molar-refractivity contribution in [2.24, 2.45) is 11.8 Å². The maximum atomic E-state index is 12.8. The Morgan fingerprint density at radius 3 is 2.56 bits per heavy atom. The van der Waals surface area contributed by atoms with Gasteiger partial charge in [-0.25, -0.2) is 0 Å². The lowest BCUT2D eigenvalue weighted by molar-refractivity contribution is -0.137. The molecule has 2 aliphatic heterocycles. The van der Waals surface area contributed by atoms with Gasteiger partial charge in [-0.05, 0) is 44.7 Å². The Labute approximate surface area is 149 Å². The minimum absolute atomic E-state index is 0.00327. The van der Waals surface area contributed by atoms with E-state index >= 15 is 0 Å². The number of benzene rings is 1. The minimum atomic E-state index is -0.243. The van der Waals surface area contributed by atoms with Gasteiger partial charge in [-0.1, -0.05) is 19.1 Å². The predicted molar refractivity (Wildman–Crippen MR) is 97.6 cm³/mol. The molecule has 0 saturated carbocycles. The quantitative estimate of drug-likeness (QED) is 0.843. The number of hydrogen-bond acceptors (Lipinski definition) is 3. The summed E-state index contributed by atoms with van der Waals surface area (Å²) in [6, 6.07) is 7.57. The third-order valence-corrected chi connectivity index (χ3v) is 5.09. The van der Waals surface area contributed by atoms with Crippen LogP contribution in [0.5, 0.6) is 5.75 Å². The van der Waals surface area contributed by atoms with Crippen LogP contribution in [-0.2, 0) is 9.59 Å². The highest BCUT2D eigenvalue weighted by Gasteiger charge is 2.38. The lowest BCUT2D eigenvalue weighted by atomic mass is 9.97. The first-order valence-electron chi connectivity index (χ1n) is 9.30. The van der Waals surface area contributed by atoms with Gasteiger partial charge in [-0.15, -0.1) is 0 Å². The highest BCUT2D eigenvalue weighted by molar-refractivity contribution is 6.01. The molecule has 0 N–H and O–H groups in total. The molecule has 136 valence electrons. The van der Waals surface area contributed by atoms with Gasteiger partial charge in [0.2, 0.25) is 11.8 Å². The summed E-state index contributed by atoms with van der Waals surface area (Å²) in [6.45, 7) is 8.24. The first kappa shape index (κ1) is 17.8. The number of amides is 2. The number of carbonyl (C=O) groups is 2. The lowest BCUT2D eigenvalue weighted by Crippen LogP contribution is -2.42. The topological polar surface area (TPSA) is 49.9 Å². The van der Waals surface area contributed by atoms with E-state index in [4.69, 9.17) is 4.74 Å². The van der Waals surface area contributed by atoms with E-state index in [1.807, 2.05) is 43.0 Å². The fourth-order valence-corrected chi connectivity index (χ4v) is 3.63. The number of para-hydroxylation sites is 2. The van der Waals surface area contributed by atoms with Gasteiger partial charge in [0.1, 0.15) is 5.75 Å². The number of carbonyl (C=O) groups excluding carboxylic acids is 2. The predicted octanol–water partition coefficient (Wildman–Crippen LogP) is 3.09. The second-order valence-corrected chi connectivity index (χ2v) is 7.55. The molecule has 1 atom stereocenters. The summed E-state index contributed by atoms with van der Waals surface area (Å²) < 4.78 is 5.84. The van der Waals surface area contributed by atoms with Crippen LogP contribution in [0.25, 0.3) is 0 Å². The van der Waals surface area contributed by atoms with Gasteiger partial charge >= 0.3 is 0 Å². The minimum Gasteiger partial charge on any atom is -0.489 e. The van der Waals surface area contributed by atoms with E-state index in [1.165, 1.54) is 0 Å². The molecule has 2 fully saturated rings. The SMILES string of the molecule is CC1CCN(C(=O)C2CC(=O)N(c3ccccc3OC(C)C)C2)CC1. The second-order valence-electron chi connectivity index (χ2n) is 7.55. The van der Waals surface area contributed by atoms with Crippen LogP contribution < -0.4 is 9.64 Å².